The van der Waals surface area contributed by atoms with Crippen LogP contribution in [0, 0.1) is 0 Å². The van der Waals surface area contributed by atoms with E-state index in [1.165, 1.54) is 6.20 Å². The highest BCUT2D eigenvalue weighted by molar-refractivity contribution is 5.97. The second-order valence-corrected chi connectivity index (χ2v) is 2.31. The zero-order valence-electron chi connectivity index (χ0n) is 6.38. The molecule has 0 aliphatic carbocycles. The Hall–Kier alpha value is -2.11. The molecule has 6 nitrogen and oxygen atoms in total. The van der Waals surface area contributed by atoms with Crippen molar-refractivity contribution in [3.05, 3.63) is 24.0 Å². The first-order valence-electron chi connectivity index (χ1n) is 3.46. The van der Waals surface area contributed by atoms with E-state index in [2.05, 4.69) is 20.4 Å². The summed E-state index contributed by atoms with van der Waals surface area (Å²) >= 11 is 0. The summed E-state index contributed by atoms with van der Waals surface area (Å²) in [4.78, 5) is 14.5. The van der Waals surface area contributed by atoms with Crippen LogP contribution in [0.2, 0.25) is 0 Å². The van der Waals surface area contributed by atoms with Gasteiger partial charge in [0.1, 0.15) is 11.0 Å². The lowest BCUT2D eigenvalue weighted by atomic mass is 10.3. The summed E-state index contributed by atoms with van der Waals surface area (Å²) in [5, 5.41) is 19.0. The van der Waals surface area contributed by atoms with E-state index in [-0.39, 0.29) is 11.2 Å². The van der Waals surface area contributed by atoms with Crippen LogP contribution in [-0.2, 0) is 0 Å². The first kappa shape index (κ1) is 7.53. The number of carboxylic acid groups (broad SMARTS) is 1. The van der Waals surface area contributed by atoms with Gasteiger partial charge in [0.25, 0.3) is 0 Å². The van der Waals surface area contributed by atoms with Crippen LogP contribution in [0.15, 0.2) is 18.3 Å². The fourth-order valence-corrected chi connectivity index (χ4v) is 0.967. The van der Waals surface area contributed by atoms with Crippen molar-refractivity contribution in [2.24, 2.45) is 0 Å². The molecule has 64 valence electrons. The van der Waals surface area contributed by atoms with Crippen molar-refractivity contribution in [1.82, 2.24) is 20.4 Å². The molecular formula is C7H4N4O2. The summed E-state index contributed by atoms with van der Waals surface area (Å²) in [6.07, 6.45) is 1.48. The molecule has 0 atom stereocenters. The van der Waals surface area contributed by atoms with Gasteiger partial charge in [-0.25, -0.2) is 4.79 Å². The topological polar surface area (TPSA) is 88.9 Å². The normalized spacial score (nSPS) is 10.2. The van der Waals surface area contributed by atoms with Gasteiger partial charge in [-0.1, -0.05) is 0 Å². The third-order valence-corrected chi connectivity index (χ3v) is 1.51. The minimum absolute atomic E-state index is 0.175. The van der Waals surface area contributed by atoms with E-state index in [1.807, 2.05) is 0 Å². The Morgan fingerprint density at radius 1 is 1.38 bits per heavy atom. The third-order valence-electron chi connectivity index (χ3n) is 1.51. The van der Waals surface area contributed by atoms with Crippen molar-refractivity contribution in [2.45, 2.75) is 0 Å². The number of rotatable bonds is 1. The molecule has 0 aliphatic heterocycles. The number of aromatic carboxylic acids is 1. The zero-order valence-corrected chi connectivity index (χ0v) is 6.38. The Bertz CT molecular complexity index is 466. The summed E-state index contributed by atoms with van der Waals surface area (Å²) in [6, 6.07) is 3.28. The molecule has 0 radical (unpaired) electrons. The Morgan fingerprint density at radius 3 is 3.00 bits per heavy atom. The predicted octanol–water partition coefficient (Wildman–Crippen LogP) is 0.118. The van der Waals surface area contributed by atoms with E-state index >= 15 is 0 Å². The van der Waals surface area contributed by atoms with Gasteiger partial charge in [0.15, 0.2) is 5.69 Å². The molecule has 2 aromatic heterocycles. The third kappa shape index (κ3) is 1.18. The van der Waals surface area contributed by atoms with Gasteiger partial charge in [-0.2, -0.15) is 0 Å². The van der Waals surface area contributed by atoms with Crippen molar-refractivity contribution in [3.63, 3.8) is 0 Å². The summed E-state index contributed by atoms with van der Waals surface area (Å²) in [7, 11) is 0. The molecular weight excluding hydrogens is 172 g/mol. The summed E-state index contributed by atoms with van der Waals surface area (Å²) in [5.74, 6) is -1.15. The monoisotopic (exact) mass is 176 g/mol. The first-order valence-corrected chi connectivity index (χ1v) is 3.46. The van der Waals surface area contributed by atoms with E-state index in [0.29, 0.717) is 5.52 Å². The molecule has 13 heavy (non-hydrogen) atoms. The van der Waals surface area contributed by atoms with Gasteiger partial charge in [-0.15, -0.1) is 10.2 Å². The van der Waals surface area contributed by atoms with Crippen LogP contribution in [0.3, 0.4) is 0 Å². The maximum Gasteiger partial charge on any atom is 0.358 e. The lowest BCUT2D eigenvalue weighted by molar-refractivity contribution is 0.0691. The molecule has 0 bridgehead atoms. The van der Waals surface area contributed by atoms with Crippen LogP contribution < -0.4 is 0 Å². The summed E-state index contributed by atoms with van der Waals surface area (Å²) in [6.45, 7) is 0. The van der Waals surface area contributed by atoms with Gasteiger partial charge in [-0.3, -0.25) is 4.98 Å². The fraction of sp³-hybridized carbons (Fsp3) is 0. The van der Waals surface area contributed by atoms with Crippen LogP contribution >= 0.6 is 0 Å². The molecule has 0 spiro atoms. The van der Waals surface area contributed by atoms with Gasteiger partial charge in [-0.05, 0) is 17.3 Å². The molecule has 1 N–H and O–H groups in total. The van der Waals surface area contributed by atoms with Gasteiger partial charge >= 0.3 is 5.97 Å². The molecule has 0 saturated heterocycles. The Morgan fingerprint density at radius 2 is 2.23 bits per heavy atom. The summed E-state index contributed by atoms with van der Waals surface area (Å²) < 4.78 is 0. The molecule has 0 saturated carbocycles. The van der Waals surface area contributed by atoms with Gasteiger partial charge in [0.2, 0.25) is 0 Å². The van der Waals surface area contributed by atoms with Crippen LogP contribution in [0.4, 0.5) is 0 Å². The summed E-state index contributed by atoms with van der Waals surface area (Å²) in [5.41, 5.74) is 0.505. The van der Waals surface area contributed by atoms with Crippen molar-refractivity contribution in [3.8, 4) is 0 Å². The maximum atomic E-state index is 10.6. The van der Waals surface area contributed by atoms with Crippen molar-refractivity contribution in [2.75, 3.05) is 0 Å². The van der Waals surface area contributed by atoms with Crippen LogP contribution in [-0.4, -0.2) is 31.5 Å². The highest BCUT2D eigenvalue weighted by Gasteiger charge is 2.11. The van der Waals surface area contributed by atoms with Crippen molar-refractivity contribution >= 4 is 17.0 Å². The predicted molar refractivity (Wildman–Crippen MR) is 42.1 cm³/mol. The van der Waals surface area contributed by atoms with E-state index < -0.39 is 5.97 Å². The van der Waals surface area contributed by atoms with Crippen molar-refractivity contribution in [1.29, 1.82) is 0 Å². The molecule has 6 heteroatoms. The Balaban J connectivity index is 2.83. The second-order valence-electron chi connectivity index (χ2n) is 2.31. The van der Waals surface area contributed by atoms with E-state index in [0.717, 1.165) is 0 Å². The second kappa shape index (κ2) is 2.74. The molecule has 0 unspecified atom stereocenters. The molecule has 2 aromatic rings. The van der Waals surface area contributed by atoms with Gasteiger partial charge in [0.05, 0.1) is 0 Å². The number of pyridine rings is 1. The fourth-order valence-electron chi connectivity index (χ4n) is 0.967. The lowest BCUT2D eigenvalue weighted by Gasteiger charge is -1.95. The van der Waals surface area contributed by atoms with Gasteiger partial charge < -0.3 is 5.11 Å². The van der Waals surface area contributed by atoms with Crippen LogP contribution in [0.1, 0.15) is 10.5 Å². The highest BCUT2D eigenvalue weighted by Crippen LogP contribution is 2.08. The van der Waals surface area contributed by atoms with E-state index in [1.54, 1.807) is 12.1 Å². The number of nitrogens with zero attached hydrogens (tertiary/aromatic N) is 4. The molecule has 2 rings (SSSR count). The largest absolute Gasteiger partial charge is 0.476 e. The van der Waals surface area contributed by atoms with E-state index in [9.17, 15) is 4.79 Å². The average molecular weight is 176 g/mol. The molecule has 0 aromatic carbocycles. The highest BCUT2D eigenvalue weighted by atomic mass is 16.4. The molecule has 0 fully saturated rings. The number of aromatic nitrogens is 4. The first-order chi connectivity index (χ1) is 6.29. The lowest BCUT2D eigenvalue weighted by Crippen LogP contribution is -2.05. The minimum atomic E-state index is -1.15. The quantitative estimate of drug-likeness (QED) is 0.663. The molecule has 0 aliphatic rings. The number of hydrogen-bond acceptors (Lipinski definition) is 5. The Kier molecular flexibility index (Phi) is 1.59. The standard InChI is InChI=1S/C7H4N4O2/c12-7(13)6-5-4(9-11-10-6)2-1-3-8-5/h1-3H,(H,12,13). The van der Waals surface area contributed by atoms with Crippen LogP contribution in [0.5, 0.6) is 0 Å². The molecule has 2 heterocycles. The smallest absolute Gasteiger partial charge is 0.358 e. The SMILES string of the molecule is O=C(O)c1nnnc2cccnc12. The number of hydrogen-bond donors (Lipinski definition) is 1. The van der Waals surface area contributed by atoms with Gasteiger partial charge in [0, 0.05) is 6.20 Å². The number of carbonyl (C=O) groups is 1. The Labute approximate surface area is 72.2 Å². The molecule has 0 amide bonds. The maximum absolute atomic E-state index is 10.6. The van der Waals surface area contributed by atoms with Crippen LogP contribution in [0.25, 0.3) is 11.0 Å². The minimum Gasteiger partial charge on any atom is -0.476 e. The number of fused-ring (bicyclic) bond motifs is 1. The van der Waals surface area contributed by atoms with Crippen molar-refractivity contribution < 1.29 is 9.90 Å². The average Bonchev–Trinajstić information content (AvgIpc) is 2.17. The van der Waals surface area contributed by atoms with E-state index in [4.69, 9.17) is 5.11 Å². The zero-order chi connectivity index (χ0) is 9.26. The number of carboxylic acids is 1.